The summed E-state index contributed by atoms with van der Waals surface area (Å²) in [5.74, 6) is 0.662. The van der Waals surface area contributed by atoms with E-state index in [1.165, 1.54) is 0 Å². The van der Waals surface area contributed by atoms with Gasteiger partial charge in [-0.25, -0.2) is 0 Å². The van der Waals surface area contributed by atoms with Crippen LogP contribution >= 0.6 is 0 Å². The first kappa shape index (κ1) is 12.9. The van der Waals surface area contributed by atoms with Crippen molar-refractivity contribution in [2.24, 2.45) is 0 Å². The van der Waals surface area contributed by atoms with Crippen LogP contribution in [0.15, 0.2) is 18.5 Å². The topological polar surface area (TPSA) is 51.6 Å². The maximum Gasteiger partial charge on any atom is 0.128 e. The Balaban J connectivity index is 2.37. The second-order valence-corrected chi connectivity index (χ2v) is 4.45. The minimum absolute atomic E-state index is 0.0662. The van der Waals surface area contributed by atoms with Gasteiger partial charge >= 0.3 is 0 Å². The Kier molecular flexibility index (Phi) is 4.71. The average molecular weight is 225 g/mol. The summed E-state index contributed by atoms with van der Waals surface area (Å²) in [6.45, 7) is 6.92. The highest BCUT2D eigenvalue weighted by Crippen LogP contribution is 2.16. The normalized spacial score (nSPS) is 11.5. The van der Waals surface area contributed by atoms with Crippen molar-refractivity contribution in [3.63, 3.8) is 0 Å². The van der Waals surface area contributed by atoms with Crippen molar-refractivity contribution in [1.82, 2.24) is 4.98 Å². The first-order chi connectivity index (χ1) is 7.53. The molecule has 1 N–H and O–H groups in total. The van der Waals surface area contributed by atoms with Crippen LogP contribution in [-0.2, 0) is 11.3 Å². The van der Waals surface area contributed by atoms with Gasteiger partial charge in [-0.3, -0.25) is 4.98 Å². The summed E-state index contributed by atoms with van der Waals surface area (Å²) in [5.41, 5.74) is 0.541. The van der Waals surface area contributed by atoms with E-state index >= 15 is 0 Å². The van der Waals surface area contributed by atoms with Crippen LogP contribution in [-0.4, -0.2) is 28.9 Å². The zero-order valence-electron chi connectivity index (χ0n) is 10.1. The summed E-state index contributed by atoms with van der Waals surface area (Å²) in [7, 11) is 0. The van der Waals surface area contributed by atoms with Crippen LogP contribution < -0.4 is 4.74 Å². The molecule has 0 unspecified atom stereocenters. The average Bonchev–Trinajstić information content (AvgIpc) is 2.23. The number of ether oxygens (including phenoxy) is 2. The molecule has 0 saturated heterocycles. The lowest BCUT2D eigenvalue weighted by molar-refractivity contribution is -0.0165. The molecule has 0 aliphatic heterocycles. The third kappa shape index (κ3) is 4.59. The zero-order chi connectivity index (χ0) is 12.0. The van der Waals surface area contributed by atoms with Crippen molar-refractivity contribution in [2.75, 3.05) is 13.2 Å². The van der Waals surface area contributed by atoms with Crippen molar-refractivity contribution in [3.8, 4) is 5.75 Å². The number of hydrogen-bond donors (Lipinski definition) is 1. The van der Waals surface area contributed by atoms with Gasteiger partial charge in [0.1, 0.15) is 12.4 Å². The Labute approximate surface area is 96.2 Å². The first-order valence-corrected chi connectivity index (χ1v) is 5.33. The number of hydrogen-bond acceptors (Lipinski definition) is 4. The fraction of sp³-hybridized carbons (Fsp3) is 0.583. The zero-order valence-corrected chi connectivity index (χ0v) is 10.1. The van der Waals surface area contributed by atoms with Crippen molar-refractivity contribution >= 4 is 0 Å². The van der Waals surface area contributed by atoms with Gasteiger partial charge < -0.3 is 14.6 Å². The van der Waals surface area contributed by atoms with Gasteiger partial charge in [-0.1, -0.05) is 0 Å². The van der Waals surface area contributed by atoms with Gasteiger partial charge in [0.2, 0.25) is 0 Å². The van der Waals surface area contributed by atoms with E-state index in [-0.39, 0.29) is 12.2 Å². The summed E-state index contributed by atoms with van der Waals surface area (Å²) < 4.78 is 11.0. The highest BCUT2D eigenvalue weighted by atomic mass is 16.5. The molecule has 16 heavy (non-hydrogen) atoms. The molecule has 0 aliphatic carbocycles. The van der Waals surface area contributed by atoms with Crippen molar-refractivity contribution in [2.45, 2.75) is 33.0 Å². The number of pyridine rings is 1. The Bertz CT molecular complexity index is 320. The summed E-state index contributed by atoms with van der Waals surface area (Å²) in [4.78, 5) is 3.91. The van der Waals surface area contributed by atoms with Gasteiger partial charge in [0.15, 0.2) is 0 Å². The van der Waals surface area contributed by atoms with Crippen LogP contribution in [0.1, 0.15) is 26.3 Å². The highest BCUT2D eigenvalue weighted by Gasteiger charge is 2.09. The molecule has 0 spiro atoms. The minimum atomic E-state index is -0.151. The van der Waals surface area contributed by atoms with Gasteiger partial charge in [0.05, 0.1) is 18.8 Å². The molecule has 0 saturated carbocycles. The predicted octanol–water partition coefficient (Wildman–Crippen LogP) is 1.77. The maximum atomic E-state index is 9.05. The summed E-state index contributed by atoms with van der Waals surface area (Å²) in [5, 5.41) is 9.05. The molecule has 0 fully saturated rings. The molecular formula is C12H19NO3. The third-order valence-corrected chi connectivity index (χ3v) is 1.91. The second kappa shape index (κ2) is 5.82. The van der Waals surface area contributed by atoms with Gasteiger partial charge in [0, 0.05) is 18.0 Å². The molecule has 1 aromatic rings. The molecule has 0 aliphatic rings. The lowest BCUT2D eigenvalue weighted by atomic mass is 10.2. The SMILES string of the molecule is CC(C)(C)OCCOc1ccncc1CO. The fourth-order valence-electron chi connectivity index (χ4n) is 1.17. The Morgan fingerprint density at radius 1 is 1.31 bits per heavy atom. The number of aliphatic hydroxyl groups excluding tert-OH is 1. The van der Waals surface area contributed by atoms with E-state index in [1.807, 2.05) is 20.8 Å². The third-order valence-electron chi connectivity index (χ3n) is 1.91. The molecule has 4 nitrogen and oxygen atoms in total. The predicted molar refractivity (Wildman–Crippen MR) is 61.4 cm³/mol. The van der Waals surface area contributed by atoms with Crippen LogP contribution in [0.2, 0.25) is 0 Å². The van der Waals surface area contributed by atoms with Crippen LogP contribution in [0.5, 0.6) is 5.75 Å². The maximum absolute atomic E-state index is 9.05. The quantitative estimate of drug-likeness (QED) is 0.776. The molecule has 0 bridgehead atoms. The number of aliphatic hydroxyl groups is 1. The summed E-state index contributed by atoms with van der Waals surface area (Å²) >= 11 is 0. The van der Waals surface area contributed by atoms with Gasteiger partial charge in [0.25, 0.3) is 0 Å². The molecule has 1 aromatic heterocycles. The van der Waals surface area contributed by atoms with E-state index in [1.54, 1.807) is 18.5 Å². The monoisotopic (exact) mass is 225 g/mol. The van der Waals surface area contributed by atoms with Gasteiger partial charge in [-0.2, -0.15) is 0 Å². The number of rotatable bonds is 5. The van der Waals surface area contributed by atoms with Gasteiger partial charge in [-0.05, 0) is 26.8 Å². The first-order valence-electron chi connectivity index (χ1n) is 5.33. The lowest BCUT2D eigenvalue weighted by Crippen LogP contribution is -2.22. The smallest absolute Gasteiger partial charge is 0.128 e. The minimum Gasteiger partial charge on any atom is -0.491 e. The molecule has 0 amide bonds. The molecule has 0 aromatic carbocycles. The summed E-state index contributed by atoms with van der Waals surface area (Å²) in [6, 6.07) is 1.74. The van der Waals surface area contributed by atoms with E-state index in [0.29, 0.717) is 24.5 Å². The number of nitrogens with zero attached hydrogens (tertiary/aromatic N) is 1. The molecule has 0 atom stereocenters. The van der Waals surface area contributed by atoms with E-state index in [4.69, 9.17) is 14.6 Å². The van der Waals surface area contributed by atoms with E-state index in [0.717, 1.165) is 0 Å². The molecule has 4 heteroatoms. The molecular weight excluding hydrogens is 206 g/mol. The fourth-order valence-corrected chi connectivity index (χ4v) is 1.17. The Hall–Kier alpha value is -1.13. The standard InChI is InChI=1S/C12H19NO3/c1-12(2,3)16-7-6-15-11-4-5-13-8-10(11)9-14/h4-5,8,14H,6-7,9H2,1-3H3. The second-order valence-electron chi connectivity index (χ2n) is 4.45. The molecule has 1 rings (SSSR count). The highest BCUT2D eigenvalue weighted by molar-refractivity contribution is 5.29. The lowest BCUT2D eigenvalue weighted by Gasteiger charge is -2.19. The van der Waals surface area contributed by atoms with E-state index in [2.05, 4.69) is 4.98 Å². The van der Waals surface area contributed by atoms with Crippen molar-refractivity contribution in [1.29, 1.82) is 0 Å². The van der Waals surface area contributed by atoms with E-state index < -0.39 is 0 Å². The molecule has 90 valence electrons. The van der Waals surface area contributed by atoms with Crippen LogP contribution in [0, 0.1) is 0 Å². The molecule has 0 radical (unpaired) electrons. The van der Waals surface area contributed by atoms with E-state index in [9.17, 15) is 0 Å². The Morgan fingerprint density at radius 3 is 2.69 bits per heavy atom. The largest absolute Gasteiger partial charge is 0.491 e. The van der Waals surface area contributed by atoms with Crippen molar-refractivity contribution < 1.29 is 14.6 Å². The number of aromatic nitrogens is 1. The Morgan fingerprint density at radius 2 is 2.06 bits per heavy atom. The van der Waals surface area contributed by atoms with Crippen LogP contribution in [0.3, 0.4) is 0 Å². The van der Waals surface area contributed by atoms with Gasteiger partial charge in [-0.15, -0.1) is 0 Å². The van der Waals surface area contributed by atoms with Crippen LogP contribution in [0.4, 0.5) is 0 Å². The van der Waals surface area contributed by atoms with Crippen molar-refractivity contribution in [3.05, 3.63) is 24.0 Å². The molecule has 1 heterocycles. The van der Waals surface area contributed by atoms with Crippen LogP contribution in [0.25, 0.3) is 0 Å². The summed E-state index contributed by atoms with van der Waals surface area (Å²) in [6.07, 6.45) is 3.24.